The number of nitrogens with one attached hydrogen (secondary N) is 2. The molecule has 1 aromatic rings. The molecule has 100 valence electrons. The van der Waals surface area contributed by atoms with E-state index in [0.717, 1.165) is 12.1 Å². The fourth-order valence-electron chi connectivity index (χ4n) is 1.41. The van der Waals surface area contributed by atoms with Crippen molar-refractivity contribution >= 4 is 17.4 Å². The Hall–Kier alpha value is -1.62. The summed E-state index contributed by atoms with van der Waals surface area (Å²) in [6.45, 7) is 4.76. The third-order valence-corrected chi connectivity index (χ3v) is 2.66. The maximum absolute atomic E-state index is 11.5. The first-order valence-electron chi connectivity index (χ1n) is 6.38. The summed E-state index contributed by atoms with van der Waals surface area (Å²) in [5.74, 6) is 0.530. The molecule has 4 N–H and O–H groups in total. The molecule has 5 nitrogen and oxygen atoms in total. The maximum atomic E-state index is 11.5. The van der Waals surface area contributed by atoms with Crippen LogP contribution >= 0.6 is 0 Å². The van der Waals surface area contributed by atoms with Crippen LogP contribution in [0.25, 0.3) is 0 Å². The summed E-state index contributed by atoms with van der Waals surface area (Å²) in [5, 5.41) is 6.05. The van der Waals surface area contributed by atoms with Crippen LogP contribution < -0.4 is 16.4 Å². The van der Waals surface area contributed by atoms with E-state index in [4.69, 9.17) is 5.73 Å². The molecule has 1 rings (SSSR count). The minimum Gasteiger partial charge on any atom is -0.381 e. The lowest BCUT2D eigenvalue weighted by molar-refractivity contribution is -0.116. The zero-order valence-corrected chi connectivity index (χ0v) is 11.1. The predicted molar refractivity (Wildman–Crippen MR) is 74.5 cm³/mol. The van der Waals surface area contributed by atoms with Crippen molar-refractivity contribution in [2.24, 2.45) is 5.73 Å². The highest BCUT2D eigenvalue weighted by molar-refractivity contribution is 5.89. The van der Waals surface area contributed by atoms with Gasteiger partial charge in [0, 0.05) is 12.5 Å². The minimum atomic E-state index is -0.0458. The number of pyridine rings is 1. The number of nitrogens with two attached hydrogens (primary N) is 1. The predicted octanol–water partition coefficient (Wildman–Crippen LogP) is 1.97. The van der Waals surface area contributed by atoms with Crippen LogP contribution in [0.5, 0.6) is 0 Å². The average molecular weight is 250 g/mol. The summed E-state index contributed by atoms with van der Waals surface area (Å²) in [7, 11) is 0. The van der Waals surface area contributed by atoms with E-state index in [9.17, 15) is 4.79 Å². The van der Waals surface area contributed by atoms with Crippen LogP contribution in [0.3, 0.4) is 0 Å². The summed E-state index contributed by atoms with van der Waals surface area (Å²) < 4.78 is 0. The highest BCUT2D eigenvalue weighted by Gasteiger charge is 2.03. The summed E-state index contributed by atoms with van der Waals surface area (Å²) >= 11 is 0. The summed E-state index contributed by atoms with van der Waals surface area (Å²) in [6.07, 6.45) is 3.91. The smallest absolute Gasteiger partial charge is 0.225 e. The van der Waals surface area contributed by atoms with E-state index >= 15 is 0 Å². The Morgan fingerprint density at radius 2 is 2.28 bits per heavy atom. The first-order chi connectivity index (χ1) is 8.65. The van der Waals surface area contributed by atoms with Gasteiger partial charge in [-0.05, 0) is 38.4 Å². The lowest BCUT2D eigenvalue weighted by Gasteiger charge is -2.12. The molecule has 0 aliphatic carbocycles. The molecule has 0 fully saturated rings. The van der Waals surface area contributed by atoms with E-state index < -0.39 is 0 Å². The molecule has 0 saturated carbocycles. The third kappa shape index (κ3) is 5.14. The number of hydrogen-bond acceptors (Lipinski definition) is 4. The molecule has 1 aromatic heterocycles. The first kappa shape index (κ1) is 14.4. The van der Waals surface area contributed by atoms with Gasteiger partial charge in [-0.3, -0.25) is 4.79 Å². The Labute approximate surface area is 108 Å². The first-order valence-corrected chi connectivity index (χ1v) is 6.38. The maximum Gasteiger partial charge on any atom is 0.225 e. The molecule has 1 atom stereocenters. The van der Waals surface area contributed by atoms with Crippen LogP contribution in [-0.4, -0.2) is 23.5 Å². The Bertz CT molecular complexity index is 364. The number of aromatic nitrogens is 1. The van der Waals surface area contributed by atoms with Gasteiger partial charge in [0.25, 0.3) is 0 Å². The average Bonchev–Trinajstić information content (AvgIpc) is 2.38. The van der Waals surface area contributed by atoms with Gasteiger partial charge in [0.1, 0.15) is 5.82 Å². The van der Waals surface area contributed by atoms with Gasteiger partial charge in [0.05, 0.1) is 11.9 Å². The Morgan fingerprint density at radius 1 is 1.50 bits per heavy atom. The standard InChI is InChI=1S/C13H22N4O/c1-3-10(2)16-11-6-7-12(15-9-11)17-13(18)5-4-8-14/h6-7,9-10,16H,3-5,8,14H2,1-2H3,(H,15,17,18). The summed E-state index contributed by atoms with van der Waals surface area (Å²) in [5.41, 5.74) is 6.31. The zero-order chi connectivity index (χ0) is 13.4. The Kier molecular flexibility index (Phi) is 6.14. The van der Waals surface area contributed by atoms with E-state index in [0.29, 0.717) is 31.2 Å². The normalized spacial score (nSPS) is 11.9. The van der Waals surface area contributed by atoms with Gasteiger partial charge in [-0.2, -0.15) is 0 Å². The van der Waals surface area contributed by atoms with Gasteiger partial charge in [-0.1, -0.05) is 6.92 Å². The number of carbonyl (C=O) groups is 1. The molecule has 0 aliphatic rings. The molecule has 18 heavy (non-hydrogen) atoms. The zero-order valence-electron chi connectivity index (χ0n) is 11.1. The number of carbonyl (C=O) groups excluding carboxylic acids is 1. The van der Waals surface area contributed by atoms with Crippen molar-refractivity contribution in [1.29, 1.82) is 0 Å². The van der Waals surface area contributed by atoms with Gasteiger partial charge in [0.2, 0.25) is 5.91 Å². The minimum absolute atomic E-state index is 0.0458. The molecule has 0 bridgehead atoms. The van der Waals surface area contributed by atoms with Crippen LogP contribution in [0.1, 0.15) is 33.1 Å². The lowest BCUT2D eigenvalue weighted by Crippen LogP contribution is -2.15. The van der Waals surface area contributed by atoms with Crippen LogP contribution in [-0.2, 0) is 4.79 Å². The Balaban J connectivity index is 2.47. The SMILES string of the molecule is CCC(C)Nc1ccc(NC(=O)CCCN)nc1. The summed E-state index contributed by atoms with van der Waals surface area (Å²) in [6, 6.07) is 4.12. The van der Waals surface area contributed by atoms with Gasteiger partial charge in [-0.25, -0.2) is 4.98 Å². The van der Waals surface area contributed by atoms with Gasteiger partial charge >= 0.3 is 0 Å². The Morgan fingerprint density at radius 3 is 2.83 bits per heavy atom. The van der Waals surface area contributed by atoms with E-state index in [2.05, 4.69) is 29.5 Å². The quantitative estimate of drug-likeness (QED) is 0.691. The summed E-state index contributed by atoms with van der Waals surface area (Å²) in [4.78, 5) is 15.6. The number of anilines is 2. The largest absolute Gasteiger partial charge is 0.381 e. The molecule has 1 unspecified atom stereocenters. The molecule has 0 spiro atoms. The molecule has 0 radical (unpaired) electrons. The number of rotatable bonds is 7. The van der Waals surface area contributed by atoms with Crippen molar-refractivity contribution < 1.29 is 4.79 Å². The van der Waals surface area contributed by atoms with Crippen molar-refractivity contribution in [2.75, 3.05) is 17.2 Å². The fraction of sp³-hybridized carbons (Fsp3) is 0.538. The molecular weight excluding hydrogens is 228 g/mol. The van der Waals surface area contributed by atoms with Crippen LogP contribution in [0.2, 0.25) is 0 Å². The molecule has 1 amide bonds. The van der Waals surface area contributed by atoms with Crippen LogP contribution in [0.4, 0.5) is 11.5 Å². The molecular formula is C13H22N4O. The third-order valence-electron chi connectivity index (χ3n) is 2.66. The van der Waals surface area contributed by atoms with Gasteiger partial charge < -0.3 is 16.4 Å². The van der Waals surface area contributed by atoms with Gasteiger partial charge in [-0.15, -0.1) is 0 Å². The highest BCUT2D eigenvalue weighted by atomic mass is 16.1. The van der Waals surface area contributed by atoms with E-state index in [-0.39, 0.29) is 5.91 Å². The van der Waals surface area contributed by atoms with E-state index in [1.807, 2.05) is 6.07 Å². The number of amides is 1. The molecule has 0 aliphatic heterocycles. The highest BCUT2D eigenvalue weighted by Crippen LogP contribution is 2.11. The van der Waals surface area contributed by atoms with Crippen molar-refractivity contribution in [3.8, 4) is 0 Å². The van der Waals surface area contributed by atoms with Crippen molar-refractivity contribution in [2.45, 2.75) is 39.2 Å². The van der Waals surface area contributed by atoms with Crippen LogP contribution in [0, 0.1) is 0 Å². The lowest BCUT2D eigenvalue weighted by atomic mass is 10.2. The van der Waals surface area contributed by atoms with Crippen molar-refractivity contribution in [3.05, 3.63) is 18.3 Å². The molecule has 0 saturated heterocycles. The fourth-order valence-corrected chi connectivity index (χ4v) is 1.41. The topological polar surface area (TPSA) is 80.0 Å². The van der Waals surface area contributed by atoms with Gasteiger partial charge in [0.15, 0.2) is 0 Å². The second-order valence-electron chi connectivity index (χ2n) is 4.33. The monoisotopic (exact) mass is 250 g/mol. The van der Waals surface area contributed by atoms with Crippen molar-refractivity contribution in [1.82, 2.24) is 4.98 Å². The second-order valence-corrected chi connectivity index (χ2v) is 4.33. The second kappa shape index (κ2) is 7.66. The van der Waals surface area contributed by atoms with E-state index in [1.165, 1.54) is 0 Å². The number of hydrogen-bond donors (Lipinski definition) is 3. The molecule has 0 aromatic carbocycles. The van der Waals surface area contributed by atoms with Crippen LogP contribution in [0.15, 0.2) is 18.3 Å². The van der Waals surface area contributed by atoms with E-state index in [1.54, 1.807) is 12.3 Å². The molecule has 1 heterocycles. The number of nitrogens with zero attached hydrogens (tertiary/aromatic N) is 1. The van der Waals surface area contributed by atoms with Crippen molar-refractivity contribution in [3.63, 3.8) is 0 Å². The molecule has 5 heteroatoms.